The fraction of sp³-hybridized carbons (Fsp3) is 0.320. The van der Waals surface area contributed by atoms with Crippen LogP contribution in [0.15, 0.2) is 53.6 Å². The van der Waals surface area contributed by atoms with Crippen molar-refractivity contribution in [2.75, 3.05) is 24.3 Å². The van der Waals surface area contributed by atoms with E-state index in [0.717, 1.165) is 11.1 Å². The molecule has 1 amide bonds. The summed E-state index contributed by atoms with van der Waals surface area (Å²) >= 11 is 0. The molecule has 186 valence electrons. The molecule has 0 atom stereocenters. The van der Waals surface area contributed by atoms with Gasteiger partial charge in [0.05, 0.1) is 28.6 Å². The Labute approximate surface area is 206 Å². The molecule has 3 rings (SSSR count). The molecule has 0 saturated heterocycles. The summed E-state index contributed by atoms with van der Waals surface area (Å²) in [6, 6.07) is 12.5. The normalized spacial score (nSPS) is 11.3. The Hall–Kier alpha value is -3.66. The molecule has 0 fully saturated rings. The summed E-state index contributed by atoms with van der Waals surface area (Å²) in [4.78, 5) is 20.3. The number of nitrogens with zero attached hydrogens (tertiary/aromatic N) is 2. The number of aryl methyl sites for hydroxylation is 1. The van der Waals surface area contributed by atoms with Crippen LogP contribution < -0.4 is 20.7 Å². The van der Waals surface area contributed by atoms with Gasteiger partial charge in [0.2, 0.25) is 11.9 Å². The summed E-state index contributed by atoms with van der Waals surface area (Å²) in [5.41, 5.74) is 2.88. The first-order valence-electron chi connectivity index (χ1n) is 11.2. The molecule has 1 aromatic heterocycles. The summed E-state index contributed by atoms with van der Waals surface area (Å²) in [5.74, 6) is 1.34. The fourth-order valence-electron chi connectivity index (χ4n) is 3.34. The number of amides is 1. The van der Waals surface area contributed by atoms with Crippen molar-refractivity contribution in [1.82, 2.24) is 15.3 Å². The minimum atomic E-state index is -3.49. The average Bonchev–Trinajstić information content (AvgIpc) is 2.81. The number of aromatic nitrogens is 2. The number of sulfone groups is 1. The first kappa shape index (κ1) is 26.0. The molecular weight excluding hydrogens is 466 g/mol. The highest BCUT2D eigenvalue weighted by Gasteiger charge is 2.23. The second-order valence-corrected chi connectivity index (χ2v) is 10.8. The van der Waals surface area contributed by atoms with Gasteiger partial charge in [-0.1, -0.05) is 18.2 Å². The maximum atomic E-state index is 12.8. The monoisotopic (exact) mass is 497 g/mol. The first-order chi connectivity index (χ1) is 16.6. The SMILES string of the molecule is COc1ccc(CCNC(C)=O)cc1Nc1ncc(C)c(Nc2ccccc2S(=O)(=O)C(C)C)n1. The largest absolute Gasteiger partial charge is 0.495 e. The van der Waals surface area contributed by atoms with Crippen LogP contribution in [-0.2, 0) is 21.1 Å². The molecule has 9 nitrogen and oxygen atoms in total. The quantitative estimate of drug-likeness (QED) is 0.382. The van der Waals surface area contributed by atoms with Gasteiger partial charge < -0.3 is 20.7 Å². The van der Waals surface area contributed by atoms with Crippen LogP contribution >= 0.6 is 0 Å². The Balaban J connectivity index is 1.89. The highest BCUT2D eigenvalue weighted by Crippen LogP contribution is 2.31. The van der Waals surface area contributed by atoms with Gasteiger partial charge in [0, 0.05) is 25.2 Å². The van der Waals surface area contributed by atoms with Crippen molar-refractivity contribution in [2.45, 2.75) is 44.3 Å². The lowest BCUT2D eigenvalue weighted by Crippen LogP contribution is -2.22. The van der Waals surface area contributed by atoms with E-state index in [1.807, 2.05) is 25.1 Å². The summed E-state index contributed by atoms with van der Waals surface area (Å²) in [6.07, 6.45) is 2.31. The number of nitrogens with one attached hydrogen (secondary N) is 3. The van der Waals surface area contributed by atoms with Crippen molar-refractivity contribution < 1.29 is 17.9 Å². The predicted octanol–water partition coefficient (Wildman–Crippen LogP) is 4.14. The van der Waals surface area contributed by atoms with Gasteiger partial charge in [-0.2, -0.15) is 4.98 Å². The van der Waals surface area contributed by atoms with Gasteiger partial charge in [-0.25, -0.2) is 13.4 Å². The van der Waals surface area contributed by atoms with Crippen LogP contribution in [0.4, 0.5) is 23.1 Å². The zero-order valence-corrected chi connectivity index (χ0v) is 21.4. The highest BCUT2D eigenvalue weighted by atomic mass is 32.2. The van der Waals surface area contributed by atoms with Crippen LogP contribution in [0.5, 0.6) is 5.75 Å². The van der Waals surface area contributed by atoms with Crippen molar-refractivity contribution in [3.8, 4) is 5.75 Å². The number of anilines is 4. The van der Waals surface area contributed by atoms with Crippen LogP contribution in [0.2, 0.25) is 0 Å². The Morgan fingerprint density at radius 1 is 1.09 bits per heavy atom. The van der Waals surface area contributed by atoms with E-state index in [-0.39, 0.29) is 10.8 Å². The molecule has 1 heterocycles. The molecule has 3 aromatic rings. The second-order valence-electron chi connectivity index (χ2n) is 8.33. The third-order valence-electron chi connectivity index (χ3n) is 5.34. The van der Waals surface area contributed by atoms with Gasteiger partial charge in [0.15, 0.2) is 9.84 Å². The fourth-order valence-corrected chi connectivity index (χ4v) is 4.54. The molecule has 2 aromatic carbocycles. The van der Waals surface area contributed by atoms with Crippen LogP contribution in [0.25, 0.3) is 0 Å². The van der Waals surface area contributed by atoms with E-state index in [0.29, 0.717) is 41.9 Å². The van der Waals surface area contributed by atoms with Crippen molar-refractivity contribution in [3.63, 3.8) is 0 Å². The van der Waals surface area contributed by atoms with Gasteiger partial charge in [-0.3, -0.25) is 4.79 Å². The molecule has 3 N–H and O–H groups in total. The lowest BCUT2D eigenvalue weighted by molar-refractivity contribution is -0.118. The van der Waals surface area contributed by atoms with Crippen LogP contribution in [-0.4, -0.2) is 43.2 Å². The zero-order chi connectivity index (χ0) is 25.6. The maximum absolute atomic E-state index is 12.8. The van der Waals surface area contributed by atoms with Gasteiger partial charge in [-0.15, -0.1) is 0 Å². The number of carbonyl (C=O) groups is 1. The third kappa shape index (κ3) is 6.48. The number of carbonyl (C=O) groups excluding carboxylic acids is 1. The first-order valence-corrected chi connectivity index (χ1v) is 12.8. The molecule has 0 bridgehead atoms. The van der Waals surface area contributed by atoms with Crippen molar-refractivity contribution in [3.05, 3.63) is 59.8 Å². The van der Waals surface area contributed by atoms with Crippen LogP contribution in [0.1, 0.15) is 31.9 Å². The van der Waals surface area contributed by atoms with E-state index in [2.05, 4.69) is 25.9 Å². The smallest absolute Gasteiger partial charge is 0.229 e. The zero-order valence-electron chi connectivity index (χ0n) is 20.5. The minimum absolute atomic E-state index is 0.0762. The lowest BCUT2D eigenvalue weighted by Gasteiger charge is -2.16. The minimum Gasteiger partial charge on any atom is -0.495 e. The molecule has 0 aliphatic rings. The Bertz CT molecular complexity index is 1310. The van der Waals surface area contributed by atoms with Crippen molar-refractivity contribution in [2.24, 2.45) is 0 Å². The molecule has 0 unspecified atom stereocenters. The number of rotatable bonds is 10. The molecule has 0 aliphatic heterocycles. The molecule has 0 aliphatic carbocycles. The van der Waals surface area contributed by atoms with E-state index in [1.54, 1.807) is 51.4 Å². The Morgan fingerprint density at radius 3 is 2.51 bits per heavy atom. The van der Waals surface area contributed by atoms with E-state index in [4.69, 9.17) is 4.74 Å². The molecule has 0 saturated carbocycles. The van der Waals surface area contributed by atoms with Gasteiger partial charge in [0.1, 0.15) is 11.6 Å². The highest BCUT2D eigenvalue weighted by molar-refractivity contribution is 7.92. The number of hydrogen-bond acceptors (Lipinski definition) is 8. The Morgan fingerprint density at radius 2 is 1.83 bits per heavy atom. The predicted molar refractivity (Wildman–Crippen MR) is 137 cm³/mol. The maximum Gasteiger partial charge on any atom is 0.229 e. The Kier molecular flexibility index (Phi) is 8.29. The number of hydrogen-bond donors (Lipinski definition) is 3. The van der Waals surface area contributed by atoms with E-state index in [9.17, 15) is 13.2 Å². The molecule has 0 radical (unpaired) electrons. The molecule has 35 heavy (non-hydrogen) atoms. The number of ether oxygens (including phenoxy) is 1. The van der Waals surface area contributed by atoms with Gasteiger partial charge >= 0.3 is 0 Å². The number of para-hydroxylation sites is 1. The standard InChI is InChI=1S/C25H31N5O4S/c1-16(2)35(32,33)23-9-7-6-8-20(23)28-24-17(3)15-27-25(30-24)29-21-14-19(10-11-22(21)34-5)12-13-26-18(4)31/h6-11,14-16H,12-13H2,1-5H3,(H,26,31)(H2,27,28,29,30). The van der Waals surface area contributed by atoms with Crippen molar-refractivity contribution >= 4 is 38.9 Å². The average molecular weight is 498 g/mol. The van der Waals surface area contributed by atoms with Crippen LogP contribution in [0.3, 0.4) is 0 Å². The lowest BCUT2D eigenvalue weighted by atomic mass is 10.1. The molecule has 10 heteroatoms. The molecule has 0 spiro atoms. The van der Waals surface area contributed by atoms with E-state index < -0.39 is 15.1 Å². The molecular formula is C25H31N5O4S. The second kappa shape index (κ2) is 11.2. The summed E-state index contributed by atoms with van der Waals surface area (Å²) < 4.78 is 31.1. The summed E-state index contributed by atoms with van der Waals surface area (Å²) in [6.45, 7) is 7.16. The number of methoxy groups -OCH3 is 1. The van der Waals surface area contributed by atoms with E-state index >= 15 is 0 Å². The summed E-state index contributed by atoms with van der Waals surface area (Å²) in [5, 5.41) is 8.58. The third-order valence-corrected chi connectivity index (χ3v) is 7.55. The topological polar surface area (TPSA) is 122 Å². The van der Waals surface area contributed by atoms with E-state index in [1.165, 1.54) is 6.92 Å². The van der Waals surface area contributed by atoms with Gasteiger partial charge in [0.25, 0.3) is 0 Å². The van der Waals surface area contributed by atoms with Crippen LogP contribution in [0, 0.1) is 6.92 Å². The summed E-state index contributed by atoms with van der Waals surface area (Å²) in [7, 11) is -1.91. The van der Waals surface area contributed by atoms with Gasteiger partial charge in [-0.05, 0) is 57.0 Å². The van der Waals surface area contributed by atoms with Crippen molar-refractivity contribution in [1.29, 1.82) is 0 Å². The number of benzene rings is 2.